The number of nitrogens with zero attached hydrogens (tertiary/aromatic N) is 1. The Morgan fingerprint density at radius 2 is 1.81 bits per heavy atom. The highest BCUT2D eigenvalue weighted by molar-refractivity contribution is 6.02. The third-order valence-corrected chi connectivity index (χ3v) is 8.18. The number of carbonyl (C=O) groups excluding carboxylic acids is 1. The first-order valence-electron chi connectivity index (χ1n) is 14.4. The van der Waals surface area contributed by atoms with Crippen molar-refractivity contribution in [3.05, 3.63) is 59.0 Å². The van der Waals surface area contributed by atoms with Gasteiger partial charge in [0.1, 0.15) is 0 Å². The molecule has 0 aromatic heterocycles. The molecule has 196 valence electrons. The maximum Gasteiger partial charge on any atom is 0.211 e. The zero-order valence-electron chi connectivity index (χ0n) is 22.3. The topological polar surface area (TPSA) is 65.5 Å². The monoisotopic (exact) mass is 490 g/mol. The minimum absolute atomic E-state index is 0.294. The highest BCUT2D eigenvalue weighted by Crippen LogP contribution is 2.36. The molecule has 0 aromatic rings. The van der Waals surface area contributed by atoms with Gasteiger partial charge in [0.15, 0.2) is 0 Å². The van der Waals surface area contributed by atoms with Crippen LogP contribution in [0.1, 0.15) is 90.4 Å². The second kappa shape index (κ2) is 13.8. The summed E-state index contributed by atoms with van der Waals surface area (Å²) in [4.78, 5) is 16.0. The Kier molecular flexibility index (Phi) is 10.2. The normalized spacial score (nSPS) is 25.5. The first-order chi connectivity index (χ1) is 17.7. The van der Waals surface area contributed by atoms with Crippen molar-refractivity contribution in [3.8, 4) is 0 Å². The van der Waals surface area contributed by atoms with E-state index < -0.39 is 0 Å². The average molecular weight is 491 g/mol. The van der Waals surface area contributed by atoms with E-state index in [-0.39, 0.29) is 0 Å². The quantitative estimate of drug-likeness (QED) is 0.206. The van der Waals surface area contributed by atoms with E-state index in [1.807, 2.05) is 6.08 Å². The van der Waals surface area contributed by atoms with Gasteiger partial charge in [0.25, 0.3) is 0 Å². The van der Waals surface area contributed by atoms with Gasteiger partial charge in [0.2, 0.25) is 6.41 Å². The molecule has 4 rings (SSSR count). The van der Waals surface area contributed by atoms with Crippen LogP contribution in [-0.2, 0) is 4.79 Å². The summed E-state index contributed by atoms with van der Waals surface area (Å²) in [6.07, 6.45) is 25.4. The molecule has 0 bridgehead atoms. The van der Waals surface area contributed by atoms with Crippen LogP contribution in [0, 0.1) is 5.92 Å². The maximum absolute atomic E-state index is 10.9. The molecule has 1 heterocycles. The highest BCUT2D eigenvalue weighted by Gasteiger charge is 2.32. The Hall–Kier alpha value is -2.40. The van der Waals surface area contributed by atoms with Gasteiger partial charge in [0.05, 0.1) is 6.04 Å². The van der Waals surface area contributed by atoms with Crippen molar-refractivity contribution in [2.75, 3.05) is 13.1 Å². The zero-order chi connectivity index (χ0) is 25.2. The molecule has 5 heteroatoms. The fraction of sp³-hybridized carbons (Fsp3) is 0.613. The lowest BCUT2D eigenvalue weighted by molar-refractivity contribution is -0.109. The molecule has 0 radical (unpaired) electrons. The van der Waals surface area contributed by atoms with Gasteiger partial charge in [-0.05, 0) is 82.4 Å². The summed E-state index contributed by atoms with van der Waals surface area (Å²) in [6, 6.07) is 0.621. The summed E-state index contributed by atoms with van der Waals surface area (Å²) in [5.74, 6) is 0.406. The van der Waals surface area contributed by atoms with Crippen LogP contribution in [0.15, 0.2) is 64.0 Å². The van der Waals surface area contributed by atoms with Crippen LogP contribution in [0.5, 0.6) is 0 Å². The number of aliphatic imine (C=N–C) groups is 1. The number of fused-ring (bicyclic) bond motifs is 2. The SMILES string of the molecule is C=CC1=C(NC=O)CCCC1NCCCCCCCCNC1=C2CCCCC2=NC2C=C(C)C=CC12. The lowest BCUT2D eigenvalue weighted by Gasteiger charge is -2.35. The lowest BCUT2D eigenvalue weighted by Crippen LogP contribution is -2.36. The number of rotatable bonds is 14. The van der Waals surface area contributed by atoms with Gasteiger partial charge in [-0.25, -0.2) is 0 Å². The molecule has 1 fully saturated rings. The highest BCUT2D eigenvalue weighted by atomic mass is 16.1. The third kappa shape index (κ3) is 6.88. The summed E-state index contributed by atoms with van der Waals surface area (Å²) < 4.78 is 0. The first kappa shape index (κ1) is 26.7. The molecule has 3 unspecified atom stereocenters. The largest absolute Gasteiger partial charge is 0.388 e. The standard InChI is InChI=1S/C31H46N4O/c1-3-24-27(15-12-16-28(24)34-22-36)32-19-10-6-4-5-7-11-20-33-31-25-13-8-9-14-29(25)35-30-21-23(2)17-18-26(30)31/h3,17-18,21-22,26-27,30,32-33H,1,4-16,19-20H2,2H3,(H,34,36). The van der Waals surface area contributed by atoms with Gasteiger partial charge in [-0.2, -0.15) is 0 Å². The zero-order valence-corrected chi connectivity index (χ0v) is 22.3. The van der Waals surface area contributed by atoms with Crippen LogP contribution in [-0.4, -0.2) is 37.3 Å². The summed E-state index contributed by atoms with van der Waals surface area (Å²) >= 11 is 0. The molecule has 0 saturated heterocycles. The van der Waals surface area contributed by atoms with Gasteiger partial charge < -0.3 is 16.0 Å². The molecule has 1 saturated carbocycles. The van der Waals surface area contributed by atoms with Crippen molar-refractivity contribution < 1.29 is 4.79 Å². The number of amides is 1. The van der Waals surface area contributed by atoms with Crippen LogP contribution in [0.4, 0.5) is 0 Å². The Labute approximate surface area is 218 Å². The Morgan fingerprint density at radius 1 is 1.03 bits per heavy atom. The van der Waals surface area contributed by atoms with Crippen LogP contribution in [0.3, 0.4) is 0 Å². The Balaban J connectivity index is 1.12. The van der Waals surface area contributed by atoms with Gasteiger partial charge >= 0.3 is 0 Å². The van der Waals surface area contributed by atoms with Crippen molar-refractivity contribution >= 4 is 12.1 Å². The predicted octanol–water partition coefficient (Wildman–Crippen LogP) is 6.03. The van der Waals surface area contributed by atoms with Crippen LogP contribution >= 0.6 is 0 Å². The van der Waals surface area contributed by atoms with Crippen molar-refractivity contribution in [1.29, 1.82) is 0 Å². The lowest BCUT2D eigenvalue weighted by atomic mass is 9.79. The number of hydrogen-bond acceptors (Lipinski definition) is 4. The summed E-state index contributed by atoms with van der Waals surface area (Å²) in [6.45, 7) is 8.25. The number of unbranched alkanes of at least 4 members (excludes halogenated alkanes) is 5. The molecule has 3 atom stereocenters. The molecular formula is C31H46N4O. The predicted molar refractivity (Wildman–Crippen MR) is 151 cm³/mol. The molecule has 5 nitrogen and oxygen atoms in total. The molecule has 0 aromatic carbocycles. The number of nitrogens with one attached hydrogen (secondary N) is 3. The third-order valence-electron chi connectivity index (χ3n) is 8.18. The maximum atomic E-state index is 10.9. The van der Waals surface area contributed by atoms with E-state index in [2.05, 4.69) is 47.7 Å². The Bertz CT molecular complexity index is 938. The molecule has 36 heavy (non-hydrogen) atoms. The van der Waals surface area contributed by atoms with E-state index >= 15 is 0 Å². The van der Waals surface area contributed by atoms with E-state index in [9.17, 15) is 4.79 Å². The van der Waals surface area contributed by atoms with Crippen LogP contribution in [0.2, 0.25) is 0 Å². The van der Waals surface area contributed by atoms with Crippen LogP contribution in [0.25, 0.3) is 0 Å². The molecule has 0 spiro atoms. The first-order valence-corrected chi connectivity index (χ1v) is 14.4. The van der Waals surface area contributed by atoms with Gasteiger partial charge in [-0.3, -0.25) is 9.79 Å². The number of allylic oxidation sites excluding steroid dienone is 4. The minimum atomic E-state index is 0.294. The second-order valence-corrected chi connectivity index (χ2v) is 10.8. The van der Waals surface area contributed by atoms with Crippen molar-refractivity contribution in [1.82, 2.24) is 16.0 Å². The summed E-state index contributed by atoms with van der Waals surface area (Å²) in [5, 5.41) is 10.4. The molecule has 3 N–H and O–H groups in total. The van der Waals surface area contributed by atoms with Gasteiger partial charge in [0, 0.05) is 35.6 Å². The van der Waals surface area contributed by atoms with Crippen molar-refractivity contribution in [2.45, 2.75) is 102 Å². The fourth-order valence-corrected chi connectivity index (χ4v) is 6.26. The molecule has 4 aliphatic rings. The van der Waals surface area contributed by atoms with Gasteiger partial charge in [-0.15, -0.1) is 0 Å². The fourth-order valence-electron chi connectivity index (χ4n) is 6.26. The van der Waals surface area contributed by atoms with E-state index in [1.165, 1.54) is 85.9 Å². The number of carbonyl (C=O) groups is 1. The van der Waals surface area contributed by atoms with E-state index in [1.54, 1.807) is 0 Å². The summed E-state index contributed by atoms with van der Waals surface area (Å²) in [7, 11) is 0. The number of hydrogen-bond donors (Lipinski definition) is 3. The molecule has 3 aliphatic carbocycles. The van der Waals surface area contributed by atoms with Crippen molar-refractivity contribution in [3.63, 3.8) is 0 Å². The van der Waals surface area contributed by atoms with Gasteiger partial charge in [-0.1, -0.05) is 62.1 Å². The molecule has 1 amide bonds. The van der Waals surface area contributed by atoms with Crippen molar-refractivity contribution in [2.24, 2.45) is 10.9 Å². The molecular weight excluding hydrogens is 444 g/mol. The summed E-state index contributed by atoms with van der Waals surface area (Å²) in [5.41, 5.74) is 7.91. The average Bonchev–Trinajstić information content (AvgIpc) is 2.89. The molecule has 1 aliphatic heterocycles. The van der Waals surface area contributed by atoms with E-state index in [0.717, 1.165) is 50.9 Å². The van der Waals surface area contributed by atoms with E-state index in [0.29, 0.717) is 18.0 Å². The second-order valence-electron chi connectivity index (χ2n) is 10.8. The van der Waals surface area contributed by atoms with Crippen LogP contribution < -0.4 is 16.0 Å². The van der Waals surface area contributed by atoms with E-state index in [4.69, 9.17) is 4.99 Å². The Morgan fingerprint density at radius 3 is 2.61 bits per heavy atom. The number of dihydropyridines is 1. The minimum Gasteiger partial charge on any atom is -0.388 e. The smallest absolute Gasteiger partial charge is 0.211 e.